The highest BCUT2D eigenvalue weighted by molar-refractivity contribution is 5.92. The Morgan fingerprint density at radius 2 is 0.981 bits per heavy atom. The van der Waals surface area contributed by atoms with E-state index in [2.05, 4.69) is 78.1 Å². The van der Waals surface area contributed by atoms with Crippen LogP contribution in [0.5, 0.6) is 0 Å². The Kier molecular flexibility index (Phi) is 9.35. The highest BCUT2D eigenvalue weighted by Gasteiger charge is 2.42. The highest BCUT2D eigenvalue weighted by Crippen LogP contribution is 2.44. The number of fused-ring (bicyclic) bond motifs is 1. The normalized spacial score (nSPS) is 11.8. The molecule has 6 aromatic carbocycles. The predicted octanol–water partition coefficient (Wildman–Crippen LogP) is 9.26. The molecule has 0 amide bonds. The predicted molar refractivity (Wildman–Crippen MR) is 214 cm³/mol. The summed E-state index contributed by atoms with van der Waals surface area (Å²) in [5, 5.41) is 13.7. The van der Waals surface area contributed by atoms with Gasteiger partial charge in [0.1, 0.15) is 22.4 Å². The summed E-state index contributed by atoms with van der Waals surface area (Å²) >= 11 is 0. The average molecular weight is 704 g/mol. The Morgan fingerprint density at radius 1 is 0.593 bits per heavy atom. The number of pyridine rings is 1. The number of esters is 1. The Bertz CT molecular complexity index is 2310. The number of nitrogens with zero attached hydrogens (tertiary/aromatic N) is 4. The second-order valence-corrected chi connectivity index (χ2v) is 12.9. The first-order valence-electron chi connectivity index (χ1n) is 17.8. The van der Waals surface area contributed by atoms with Crippen molar-refractivity contribution in [2.24, 2.45) is 0 Å². The number of nitrogens with one attached hydrogen (secondary N) is 1. The lowest BCUT2D eigenvalue weighted by Gasteiger charge is -2.38. The second-order valence-electron chi connectivity index (χ2n) is 12.9. The number of anilines is 1. The molecular weight excluding hydrogens is 667 g/mol. The van der Waals surface area contributed by atoms with Gasteiger partial charge < -0.3 is 10.1 Å². The van der Waals surface area contributed by atoms with Crippen molar-refractivity contribution in [3.05, 3.63) is 233 Å². The summed E-state index contributed by atoms with van der Waals surface area (Å²) in [7, 11) is 1.36. The van der Waals surface area contributed by atoms with Crippen LogP contribution >= 0.6 is 0 Å². The molecule has 7 heteroatoms. The van der Waals surface area contributed by atoms with Crippen molar-refractivity contribution in [1.29, 1.82) is 0 Å². The van der Waals surface area contributed by atoms with Gasteiger partial charge in [0.25, 0.3) is 0 Å². The van der Waals surface area contributed by atoms with Crippen LogP contribution in [0.15, 0.2) is 194 Å². The van der Waals surface area contributed by atoms with Gasteiger partial charge in [-0.3, -0.25) is 0 Å². The SMILES string of the molecule is COC(=O)/C=C/c1cc(NC(c2ccccc2)(c2ccccc2)c2ccccc2)nc2c1nnn2C(c1ccccc1)(c1ccccc1)c1ccccc1. The maximum absolute atomic E-state index is 12.5. The van der Waals surface area contributed by atoms with Gasteiger partial charge >= 0.3 is 5.97 Å². The molecule has 0 aliphatic carbocycles. The first kappa shape index (κ1) is 34.0. The fourth-order valence-electron chi connectivity index (χ4n) is 7.45. The van der Waals surface area contributed by atoms with E-state index in [1.165, 1.54) is 13.2 Å². The molecule has 0 saturated carbocycles. The Hall–Kier alpha value is -7.12. The molecule has 0 fully saturated rings. The van der Waals surface area contributed by atoms with Gasteiger partial charge in [-0.2, -0.15) is 0 Å². The molecule has 262 valence electrons. The number of methoxy groups -OCH3 is 1. The van der Waals surface area contributed by atoms with E-state index in [0.29, 0.717) is 22.5 Å². The quantitative estimate of drug-likeness (QED) is 0.0822. The number of aromatic nitrogens is 4. The van der Waals surface area contributed by atoms with Crippen molar-refractivity contribution in [2.45, 2.75) is 11.1 Å². The molecule has 0 spiro atoms. The van der Waals surface area contributed by atoms with Gasteiger partial charge in [-0.15, -0.1) is 5.10 Å². The zero-order valence-electron chi connectivity index (χ0n) is 29.7. The van der Waals surface area contributed by atoms with Gasteiger partial charge in [-0.1, -0.05) is 187 Å². The molecule has 0 unspecified atom stereocenters. The molecule has 2 heterocycles. The van der Waals surface area contributed by atoms with E-state index in [-0.39, 0.29) is 0 Å². The molecule has 1 N–H and O–H groups in total. The van der Waals surface area contributed by atoms with E-state index >= 15 is 0 Å². The smallest absolute Gasteiger partial charge is 0.330 e. The summed E-state index contributed by atoms with van der Waals surface area (Å²) in [6.45, 7) is 0. The molecule has 8 aromatic rings. The monoisotopic (exact) mass is 703 g/mol. The van der Waals surface area contributed by atoms with Crippen LogP contribution in [0.4, 0.5) is 5.82 Å². The van der Waals surface area contributed by atoms with Crippen molar-refractivity contribution in [2.75, 3.05) is 12.4 Å². The van der Waals surface area contributed by atoms with Crippen LogP contribution in [-0.2, 0) is 20.6 Å². The summed E-state index contributed by atoms with van der Waals surface area (Å²) in [5.74, 6) is 0.0662. The van der Waals surface area contributed by atoms with E-state index in [1.807, 2.05) is 120 Å². The van der Waals surface area contributed by atoms with Gasteiger partial charge in [0.05, 0.1) is 7.11 Å². The van der Waals surface area contributed by atoms with E-state index in [1.54, 1.807) is 6.08 Å². The zero-order chi connectivity index (χ0) is 36.8. The summed E-state index contributed by atoms with van der Waals surface area (Å²) in [5.41, 5.74) is 5.84. The van der Waals surface area contributed by atoms with Crippen LogP contribution < -0.4 is 5.32 Å². The topological polar surface area (TPSA) is 81.9 Å². The van der Waals surface area contributed by atoms with E-state index < -0.39 is 17.0 Å². The van der Waals surface area contributed by atoms with Crippen molar-refractivity contribution >= 4 is 29.0 Å². The number of ether oxygens (including phenoxy) is 1. The Balaban J connectivity index is 1.46. The fourth-order valence-corrected chi connectivity index (χ4v) is 7.45. The number of benzene rings is 6. The van der Waals surface area contributed by atoms with Crippen LogP contribution in [0.25, 0.3) is 17.2 Å². The minimum atomic E-state index is -0.983. The fraction of sp³-hybridized carbons (Fsp3) is 0.0638. The summed E-state index contributed by atoms with van der Waals surface area (Å²) in [4.78, 5) is 18.0. The Morgan fingerprint density at radius 3 is 1.37 bits per heavy atom. The van der Waals surface area contributed by atoms with Gasteiger partial charge in [0.15, 0.2) is 5.65 Å². The van der Waals surface area contributed by atoms with Crippen LogP contribution in [-0.4, -0.2) is 33.1 Å². The lowest BCUT2D eigenvalue weighted by atomic mass is 9.77. The first-order valence-corrected chi connectivity index (χ1v) is 17.8. The minimum Gasteiger partial charge on any atom is -0.466 e. The molecule has 0 aliphatic rings. The number of carbonyl (C=O) groups excluding carboxylic acids is 1. The maximum Gasteiger partial charge on any atom is 0.330 e. The molecule has 0 saturated heterocycles. The van der Waals surface area contributed by atoms with E-state index in [9.17, 15) is 4.79 Å². The van der Waals surface area contributed by atoms with E-state index in [0.717, 1.165) is 33.4 Å². The van der Waals surface area contributed by atoms with Gasteiger partial charge in [-0.25, -0.2) is 14.5 Å². The third-order valence-electron chi connectivity index (χ3n) is 9.87. The lowest BCUT2D eigenvalue weighted by molar-refractivity contribution is -0.134. The van der Waals surface area contributed by atoms with Crippen molar-refractivity contribution in [1.82, 2.24) is 20.0 Å². The first-order chi connectivity index (χ1) is 26.6. The van der Waals surface area contributed by atoms with Gasteiger partial charge in [0.2, 0.25) is 0 Å². The number of hydrogen-bond donors (Lipinski definition) is 1. The largest absolute Gasteiger partial charge is 0.466 e. The summed E-state index contributed by atoms with van der Waals surface area (Å²) < 4.78 is 6.92. The lowest BCUT2D eigenvalue weighted by Crippen LogP contribution is -2.39. The Labute approximate surface area is 314 Å². The summed E-state index contributed by atoms with van der Waals surface area (Å²) in [6, 6.07) is 63.9. The molecule has 0 radical (unpaired) electrons. The molecule has 0 bridgehead atoms. The third-order valence-corrected chi connectivity index (χ3v) is 9.87. The summed E-state index contributed by atoms with van der Waals surface area (Å²) in [6.07, 6.45) is 3.11. The second kappa shape index (κ2) is 14.9. The van der Waals surface area contributed by atoms with Gasteiger partial charge in [-0.05, 0) is 45.5 Å². The minimum absolute atomic E-state index is 0.485. The molecule has 2 aromatic heterocycles. The van der Waals surface area contributed by atoms with Crippen LogP contribution in [0, 0.1) is 0 Å². The molecule has 54 heavy (non-hydrogen) atoms. The number of rotatable bonds is 11. The molecule has 0 aliphatic heterocycles. The average Bonchev–Trinajstić information content (AvgIpc) is 3.68. The maximum atomic E-state index is 12.5. The third kappa shape index (κ3) is 6.01. The molecule has 7 nitrogen and oxygen atoms in total. The molecular formula is C47H37N5O2. The van der Waals surface area contributed by atoms with Crippen molar-refractivity contribution in [3.8, 4) is 0 Å². The van der Waals surface area contributed by atoms with Crippen molar-refractivity contribution < 1.29 is 9.53 Å². The standard InChI is InChI=1S/C47H37N5O2/c1-54-43(53)33-32-35-34-42(49-46(36-20-8-2-9-21-36,37-22-10-3-11-23-37)38-24-12-4-13-25-38)48-45-44(35)50-51-52(45)47(39-26-14-5-15-27-39,40-28-16-6-17-29-40)41-30-18-7-19-31-41/h2-34H,1H3,(H,48,49)/b33-32+. The van der Waals surface area contributed by atoms with Crippen molar-refractivity contribution in [3.63, 3.8) is 0 Å². The van der Waals surface area contributed by atoms with E-state index in [4.69, 9.17) is 20.0 Å². The molecule has 0 atom stereocenters. The van der Waals surface area contributed by atoms with Crippen LogP contribution in [0.3, 0.4) is 0 Å². The number of carbonyl (C=O) groups is 1. The highest BCUT2D eigenvalue weighted by atomic mass is 16.5. The molecule has 8 rings (SSSR count). The van der Waals surface area contributed by atoms with Crippen LogP contribution in [0.2, 0.25) is 0 Å². The number of hydrogen-bond acceptors (Lipinski definition) is 6. The zero-order valence-corrected chi connectivity index (χ0v) is 29.7. The van der Waals surface area contributed by atoms with Gasteiger partial charge in [0, 0.05) is 11.6 Å². The van der Waals surface area contributed by atoms with Crippen LogP contribution in [0.1, 0.15) is 38.9 Å².